The predicted octanol–water partition coefficient (Wildman–Crippen LogP) is 14.1. The molecule has 0 heterocycles. The minimum atomic E-state index is -0.0119. The quantitative estimate of drug-likeness (QED) is 0.179. The van der Waals surface area contributed by atoms with E-state index in [0.717, 1.165) is 0 Å². The smallest absolute Gasteiger partial charge is 0.0159 e. The fourth-order valence-corrected chi connectivity index (χ4v) is 9.14. The van der Waals surface area contributed by atoms with E-state index in [2.05, 4.69) is 184 Å². The van der Waals surface area contributed by atoms with Crippen LogP contribution in [0.1, 0.15) is 25.0 Å². The molecule has 0 unspecified atom stereocenters. The molecule has 0 saturated heterocycles. The summed E-state index contributed by atoms with van der Waals surface area (Å²) in [6.07, 6.45) is 0. The van der Waals surface area contributed by atoms with Crippen molar-refractivity contribution in [1.82, 2.24) is 0 Å². The Morgan fingerprint density at radius 3 is 1.41 bits per heavy atom. The van der Waals surface area contributed by atoms with E-state index in [1.807, 2.05) is 0 Å². The van der Waals surface area contributed by atoms with E-state index < -0.39 is 0 Å². The minimum Gasteiger partial charge on any atom is -0.0619 e. The fourth-order valence-electron chi connectivity index (χ4n) is 9.14. The zero-order valence-electron chi connectivity index (χ0n) is 28.7. The molecule has 0 aliphatic heterocycles. The molecule has 0 bridgehead atoms. The standard InChI is InChI=1S/C51H34/c1-51(2)48-13-6-5-10-43(48)44-23-22-36(30-49(44)51)35-20-16-31-14-18-33(26-38(31)28-35)34-19-15-32-17-21-37(29-39(32)27-34)40-24-25-47-42-9-4-3-8-41(42)46-12-7-11-45(40)50(46)47/h3-30H,1-2H3. The van der Waals surface area contributed by atoms with Crippen LogP contribution in [0.2, 0.25) is 0 Å². The summed E-state index contributed by atoms with van der Waals surface area (Å²) in [7, 11) is 0. The molecule has 9 aromatic carbocycles. The topological polar surface area (TPSA) is 0 Å². The Bertz CT molecular complexity index is 2910. The summed E-state index contributed by atoms with van der Waals surface area (Å²) in [6.45, 7) is 4.71. The Balaban J connectivity index is 0.973. The highest BCUT2D eigenvalue weighted by Gasteiger charge is 2.35. The van der Waals surface area contributed by atoms with Gasteiger partial charge in [-0.3, -0.25) is 0 Å². The van der Waals surface area contributed by atoms with E-state index in [1.165, 1.54) is 110 Å². The van der Waals surface area contributed by atoms with Crippen LogP contribution in [0.25, 0.3) is 99.1 Å². The number of rotatable bonds is 3. The van der Waals surface area contributed by atoms with Gasteiger partial charge in [0.1, 0.15) is 0 Å². The summed E-state index contributed by atoms with van der Waals surface area (Å²) in [5.41, 5.74) is 18.4. The van der Waals surface area contributed by atoms with Crippen LogP contribution < -0.4 is 0 Å². The van der Waals surface area contributed by atoms with Crippen LogP contribution in [-0.2, 0) is 5.41 Å². The third-order valence-electron chi connectivity index (χ3n) is 11.8. The molecule has 2 aliphatic rings. The first-order chi connectivity index (χ1) is 25.0. The van der Waals surface area contributed by atoms with Crippen LogP contribution in [0.5, 0.6) is 0 Å². The Morgan fingerprint density at radius 2 is 0.745 bits per heavy atom. The van der Waals surface area contributed by atoms with Gasteiger partial charge in [-0.25, -0.2) is 0 Å². The molecular weight excluding hydrogens is 613 g/mol. The van der Waals surface area contributed by atoms with Gasteiger partial charge in [0.05, 0.1) is 0 Å². The van der Waals surface area contributed by atoms with Crippen LogP contribution in [0.4, 0.5) is 0 Å². The lowest BCUT2D eigenvalue weighted by atomic mass is 9.81. The third-order valence-corrected chi connectivity index (χ3v) is 11.8. The zero-order valence-corrected chi connectivity index (χ0v) is 28.7. The van der Waals surface area contributed by atoms with E-state index in [-0.39, 0.29) is 5.41 Å². The lowest BCUT2D eigenvalue weighted by Gasteiger charge is -2.22. The number of fused-ring (bicyclic) bond motifs is 8. The summed E-state index contributed by atoms with van der Waals surface area (Å²) in [5.74, 6) is 0. The maximum atomic E-state index is 2.42. The molecule has 238 valence electrons. The summed E-state index contributed by atoms with van der Waals surface area (Å²) in [4.78, 5) is 0. The van der Waals surface area contributed by atoms with Gasteiger partial charge in [-0.05, 0) is 141 Å². The fraction of sp³-hybridized carbons (Fsp3) is 0.0588. The molecule has 51 heavy (non-hydrogen) atoms. The molecule has 2 aliphatic carbocycles. The number of hydrogen-bond acceptors (Lipinski definition) is 0. The highest BCUT2D eigenvalue weighted by molar-refractivity contribution is 6.18. The van der Waals surface area contributed by atoms with E-state index >= 15 is 0 Å². The second-order valence-electron chi connectivity index (χ2n) is 14.9. The van der Waals surface area contributed by atoms with Gasteiger partial charge in [-0.1, -0.05) is 153 Å². The second kappa shape index (κ2) is 10.4. The Kier molecular flexibility index (Phi) is 5.82. The molecule has 0 fully saturated rings. The number of hydrogen-bond donors (Lipinski definition) is 0. The van der Waals surface area contributed by atoms with Gasteiger partial charge in [-0.15, -0.1) is 0 Å². The first-order valence-electron chi connectivity index (χ1n) is 18.0. The van der Waals surface area contributed by atoms with Crippen LogP contribution in [0.15, 0.2) is 170 Å². The van der Waals surface area contributed by atoms with Crippen molar-refractivity contribution >= 4 is 32.3 Å². The third kappa shape index (κ3) is 4.14. The van der Waals surface area contributed by atoms with Crippen LogP contribution in [-0.4, -0.2) is 0 Å². The molecule has 0 nitrogen and oxygen atoms in total. The van der Waals surface area contributed by atoms with Crippen molar-refractivity contribution in [1.29, 1.82) is 0 Å². The molecule has 9 aromatic rings. The van der Waals surface area contributed by atoms with E-state index in [9.17, 15) is 0 Å². The lowest BCUT2D eigenvalue weighted by Crippen LogP contribution is -2.14. The molecule has 0 N–H and O–H groups in total. The van der Waals surface area contributed by atoms with Crippen molar-refractivity contribution < 1.29 is 0 Å². The second-order valence-corrected chi connectivity index (χ2v) is 14.9. The first kappa shape index (κ1) is 28.6. The van der Waals surface area contributed by atoms with Crippen molar-refractivity contribution in [3.63, 3.8) is 0 Å². The van der Waals surface area contributed by atoms with Gasteiger partial charge < -0.3 is 0 Å². The highest BCUT2D eigenvalue weighted by Crippen LogP contribution is 2.51. The molecule has 0 atom stereocenters. The summed E-state index contributed by atoms with van der Waals surface area (Å²) < 4.78 is 0. The van der Waals surface area contributed by atoms with Gasteiger partial charge >= 0.3 is 0 Å². The summed E-state index contributed by atoms with van der Waals surface area (Å²) in [6, 6.07) is 63.7. The molecule has 11 rings (SSSR count). The molecule has 0 radical (unpaired) electrons. The molecule has 0 amide bonds. The van der Waals surface area contributed by atoms with E-state index in [1.54, 1.807) is 0 Å². The van der Waals surface area contributed by atoms with Crippen molar-refractivity contribution in [3.8, 4) is 66.8 Å². The van der Waals surface area contributed by atoms with Crippen molar-refractivity contribution in [3.05, 3.63) is 181 Å². The minimum absolute atomic E-state index is 0.0119. The van der Waals surface area contributed by atoms with Crippen molar-refractivity contribution in [2.75, 3.05) is 0 Å². The predicted molar refractivity (Wildman–Crippen MR) is 217 cm³/mol. The van der Waals surface area contributed by atoms with E-state index in [0.29, 0.717) is 0 Å². The van der Waals surface area contributed by atoms with Gasteiger partial charge in [0, 0.05) is 5.41 Å². The largest absolute Gasteiger partial charge is 0.0619 e. The maximum absolute atomic E-state index is 2.42. The van der Waals surface area contributed by atoms with Crippen molar-refractivity contribution in [2.24, 2.45) is 0 Å². The lowest BCUT2D eigenvalue weighted by molar-refractivity contribution is 0.660. The van der Waals surface area contributed by atoms with Gasteiger partial charge in [0.25, 0.3) is 0 Å². The average Bonchev–Trinajstić information content (AvgIpc) is 3.63. The first-order valence-corrected chi connectivity index (χ1v) is 18.0. The monoisotopic (exact) mass is 646 g/mol. The molecule has 0 aromatic heterocycles. The van der Waals surface area contributed by atoms with Gasteiger partial charge in [0.15, 0.2) is 0 Å². The van der Waals surface area contributed by atoms with Gasteiger partial charge in [-0.2, -0.15) is 0 Å². The molecule has 0 heteroatoms. The zero-order chi connectivity index (χ0) is 33.8. The molecule has 0 spiro atoms. The van der Waals surface area contributed by atoms with Crippen LogP contribution in [0.3, 0.4) is 0 Å². The Morgan fingerprint density at radius 1 is 0.294 bits per heavy atom. The Labute approximate surface area is 298 Å². The van der Waals surface area contributed by atoms with Crippen LogP contribution >= 0.6 is 0 Å². The SMILES string of the molecule is CC1(C)c2ccccc2-c2ccc(-c3ccc4ccc(-c5ccc6ccc(-c7ccc8c9c(cccc79)-c7ccccc7-8)cc6c5)cc4c3)cc21. The average molecular weight is 647 g/mol. The highest BCUT2D eigenvalue weighted by atomic mass is 14.4. The Hall–Kier alpha value is -6.24. The normalized spacial score (nSPS) is 13.5. The summed E-state index contributed by atoms with van der Waals surface area (Å²) >= 11 is 0. The number of benzene rings is 9. The maximum Gasteiger partial charge on any atom is 0.0159 e. The summed E-state index contributed by atoms with van der Waals surface area (Å²) in [5, 5.41) is 7.72. The molecule has 0 saturated carbocycles. The van der Waals surface area contributed by atoms with Gasteiger partial charge in [0.2, 0.25) is 0 Å². The van der Waals surface area contributed by atoms with E-state index in [4.69, 9.17) is 0 Å². The van der Waals surface area contributed by atoms with Crippen LogP contribution in [0, 0.1) is 0 Å². The molecular formula is C51H34. The van der Waals surface area contributed by atoms with Crippen molar-refractivity contribution in [2.45, 2.75) is 19.3 Å².